The number of hydrogen-bond donors (Lipinski definition) is 1. The van der Waals surface area contributed by atoms with Gasteiger partial charge in [-0.2, -0.15) is 5.10 Å². The van der Waals surface area contributed by atoms with E-state index >= 15 is 0 Å². The van der Waals surface area contributed by atoms with Crippen molar-refractivity contribution in [2.45, 2.75) is 6.92 Å². The standard InChI is InChI=1S/C17H14ClN3O3/c1-2-24-17(23)14-10-19-21-8-7-13(9-15(14)21)20-16(22)11-3-5-12(18)6-4-11/h3-10H,2H2,1H3,(H,20,22). The van der Waals surface area contributed by atoms with E-state index in [4.69, 9.17) is 16.3 Å². The van der Waals surface area contributed by atoms with Gasteiger partial charge >= 0.3 is 5.97 Å². The largest absolute Gasteiger partial charge is 0.462 e. The summed E-state index contributed by atoms with van der Waals surface area (Å²) in [6, 6.07) is 9.94. The van der Waals surface area contributed by atoms with E-state index in [-0.39, 0.29) is 12.5 Å². The predicted octanol–water partition coefficient (Wildman–Crippen LogP) is 3.42. The minimum absolute atomic E-state index is 0.270. The van der Waals surface area contributed by atoms with Crippen LogP contribution in [0, 0.1) is 0 Å². The highest BCUT2D eigenvalue weighted by atomic mass is 35.5. The first-order chi connectivity index (χ1) is 11.6. The molecule has 0 radical (unpaired) electrons. The van der Waals surface area contributed by atoms with Gasteiger partial charge in [0.25, 0.3) is 5.91 Å². The fourth-order valence-corrected chi connectivity index (χ4v) is 2.36. The normalized spacial score (nSPS) is 10.6. The second-order valence-corrected chi connectivity index (χ2v) is 5.42. The van der Waals surface area contributed by atoms with Crippen molar-refractivity contribution in [3.63, 3.8) is 0 Å². The van der Waals surface area contributed by atoms with E-state index in [2.05, 4.69) is 10.4 Å². The molecule has 1 N–H and O–H groups in total. The molecule has 0 aliphatic rings. The summed E-state index contributed by atoms with van der Waals surface area (Å²) in [5, 5.41) is 7.44. The number of esters is 1. The Hall–Kier alpha value is -2.86. The number of nitrogens with zero attached hydrogens (tertiary/aromatic N) is 2. The molecule has 0 unspecified atom stereocenters. The Morgan fingerprint density at radius 1 is 1.25 bits per heavy atom. The molecule has 0 fully saturated rings. The van der Waals surface area contributed by atoms with Crippen LogP contribution >= 0.6 is 11.6 Å². The molecule has 122 valence electrons. The fraction of sp³-hybridized carbons (Fsp3) is 0.118. The van der Waals surface area contributed by atoms with Gasteiger partial charge in [0.2, 0.25) is 0 Å². The van der Waals surface area contributed by atoms with E-state index in [1.54, 1.807) is 54.0 Å². The van der Waals surface area contributed by atoms with Crippen LogP contribution in [0.2, 0.25) is 5.02 Å². The number of carbonyl (C=O) groups is 2. The van der Waals surface area contributed by atoms with Crippen LogP contribution in [0.5, 0.6) is 0 Å². The number of benzene rings is 1. The van der Waals surface area contributed by atoms with Gasteiger partial charge < -0.3 is 10.1 Å². The molecule has 0 bridgehead atoms. The Bertz CT molecular complexity index is 903. The molecule has 0 aliphatic carbocycles. The van der Waals surface area contributed by atoms with Gasteiger partial charge in [-0.1, -0.05) is 11.6 Å². The Morgan fingerprint density at radius 2 is 2.00 bits per heavy atom. The van der Waals surface area contributed by atoms with Crippen LogP contribution < -0.4 is 5.32 Å². The molecule has 0 saturated heterocycles. The first-order valence-electron chi connectivity index (χ1n) is 7.30. The zero-order chi connectivity index (χ0) is 17.1. The first-order valence-corrected chi connectivity index (χ1v) is 7.67. The van der Waals surface area contributed by atoms with Crippen molar-refractivity contribution in [2.75, 3.05) is 11.9 Å². The molecular formula is C17H14ClN3O3. The van der Waals surface area contributed by atoms with Crippen molar-refractivity contribution in [3.05, 3.63) is 64.9 Å². The lowest BCUT2D eigenvalue weighted by molar-refractivity contribution is 0.0528. The van der Waals surface area contributed by atoms with Gasteiger partial charge in [0.1, 0.15) is 5.56 Å². The quantitative estimate of drug-likeness (QED) is 0.737. The molecule has 2 heterocycles. The fourth-order valence-electron chi connectivity index (χ4n) is 2.23. The average molecular weight is 344 g/mol. The highest BCUT2D eigenvalue weighted by Gasteiger charge is 2.14. The summed E-state index contributed by atoms with van der Waals surface area (Å²) in [5.74, 6) is -0.720. The van der Waals surface area contributed by atoms with E-state index in [1.165, 1.54) is 6.20 Å². The first kappa shape index (κ1) is 16.0. The van der Waals surface area contributed by atoms with Crippen molar-refractivity contribution >= 4 is 34.7 Å². The summed E-state index contributed by atoms with van der Waals surface area (Å²) in [6.07, 6.45) is 3.10. The molecule has 6 nitrogen and oxygen atoms in total. The summed E-state index contributed by atoms with van der Waals surface area (Å²) in [6.45, 7) is 2.02. The minimum atomic E-state index is -0.450. The summed E-state index contributed by atoms with van der Waals surface area (Å²) >= 11 is 5.82. The third kappa shape index (κ3) is 3.23. The van der Waals surface area contributed by atoms with Gasteiger partial charge in [0.05, 0.1) is 18.3 Å². The third-order valence-electron chi connectivity index (χ3n) is 3.38. The van der Waals surface area contributed by atoms with Gasteiger partial charge in [-0.3, -0.25) is 4.79 Å². The maximum atomic E-state index is 12.3. The number of anilines is 1. The molecular weight excluding hydrogens is 330 g/mol. The lowest BCUT2D eigenvalue weighted by Gasteiger charge is -2.06. The lowest BCUT2D eigenvalue weighted by atomic mass is 10.2. The van der Waals surface area contributed by atoms with Gasteiger partial charge in [-0.15, -0.1) is 0 Å². The molecule has 1 amide bonds. The SMILES string of the molecule is CCOC(=O)c1cnn2ccc(NC(=O)c3ccc(Cl)cc3)cc12. The number of nitrogens with one attached hydrogen (secondary N) is 1. The van der Waals surface area contributed by atoms with Gasteiger partial charge in [-0.05, 0) is 43.3 Å². The average Bonchev–Trinajstić information content (AvgIpc) is 2.99. The number of aromatic nitrogens is 2. The van der Waals surface area contributed by atoms with Crippen LogP contribution in [0.3, 0.4) is 0 Å². The molecule has 0 atom stereocenters. The Kier molecular flexibility index (Phi) is 4.48. The molecule has 0 spiro atoms. The maximum absolute atomic E-state index is 12.3. The van der Waals surface area contributed by atoms with Crippen molar-refractivity contribution in [1.82, 2.24) is 9.61 Å². The topological polar surface area (TPSA) is 72.7 Å². The van der Waals surface area contributed by atoms with Crippen LogP contribution in [0.25, 0.3) is 5.52 Å². The smallest absolute Gasteiger partial charge is 0.341 e. The van der Waals surface area contributed by atoms with E-state index < -0.39 is 5.97 Å². The number of fused-ring (bicyclic) bond motifs is 1. The second-order valence-electron chi connectivity index (χ2n) is 4.98. The predicted molar refractivity (Wildman–Crippen MR) is 90.6 cm³/mol. The molecule has 24 heavy (non-hydrogen) atoms. The third-order valence-corrected chi connectivity index (χ3v) is 3.63. The van der Waals surface area contributed by atoms with Crippen molar-refractivity contribution in [3.8, 4) is 0 Å². The minimum Gasteiger partial charge on any atom is -0.462 e. The Morgan fingerprint density at radius 3 is 2.71 bits per heavy atom. The highest BCUT2D eigenvalue weighted by molar-refractivity contribution is 6.30. The van der Waals surface area contributed by atoms with Crippen LogP contribution in [0.1, 0.15) is 27.6 Å². The molecule has 0 aliphatic heterocycles. The van der Waals surface area contributed by atoms with Crippen molar-refractivity contribution < 1.29 is 14.3 Å². The van der Waals surface area contributed by atoms with Crippen LogP contribution in [-0.4, -0.2) is 28.1 Å². The number of hydrogen-bond acceptors (Lipinski definition) is 4. The van der Waals surface area contributed by atoms with Gasteiger partial charge in [0, 0.05) is 22.5 Å². The number of pyridine rings is 1. The summed E-state index contributed by atoms with van der Waals surface area (Å²) in [7, 11) is 0. The number of rotatable bonds is 4. The number of ether oxygens (including phenoxy) is 1. The Balaban J connectivity index is 1.87. The zero-order valence-electron chi connectivity index (χ0n) is 12.8. The summed E-state index contributed by atoms with van der Waals surface area (Å²) < 4.78 is 6.55. The summed E-state index contributed by atoms with van der Waals surface area (Å²) in [4.78, 5) is 24.2. The molecule has 3 aromatic rings. The van der Waals surface area contributed by atoms with E-state index in [0.717, 1.165) is 0 Å². The van der Waals surface area contributed by atoms with Gasteiger partial charge in [0.15, 0.2) is 0 Å². The van der Waals surface area contributed by atoms with E-state index in [9.17, 15) is 9.59 Å². The number of halogens is 1. The Labute approximate surface area is 143 Å². The zero-order valence-corrected chi connectivity index (χ0v) is 13.6. The van der Waals surface area contributed by atoms with Gasteiger partial charge in [-0.25, -0.2) is 9.31 Å². The van der Waals surface area contributed by atoms with E-state index in [1.807, 2.05) is 0 Å². The van der Waals surface area contributed by atoms with Crippen molar-refractivity contribution in [2.24, 2.45) is 0 Å². The van der Waals surface area contributed by atoms with E-state index in [0.29, 0.717) is 27.4 Å². The van der Waals surface area contributed by atoms with Crippen LogP contribution in [-0.2, 0) is 4.74 Å². The highest BCUT2D eigenvalue weighted by Crippen LogP contribution is 2.18. The lowest BCUT2D eigenvalue weighted by Crippen LogP contribution is -2.12. The van der Waals surface area contributed by atoms with Crippen LogP contribution in [0.15, 0.2) is 48.8 Å². The number of carbonyl (C=O) groups excluding carboxylic acids is 2. The van der Waals surface area contributed by atoms with Crippen molar-refractivity contribution in [1.29, 1.82) is 0 Å². The molecule has 3 rings (SSSR count). The second kappa shape index (κ2) is 6.72. The molecule has 2 aromatic heterocycles. The maximum Gasteiger partial charge on any atom is 0.341 e. The van der Waals surface area contributed by atoms with Crippen LogP contribution in [0.4, 0.5) is 5.69 Å². The molecule has 7 heteroatoms. The molecule has 1 aromatic carbocycles. The summed E-state index contributed by atoms with van der Waals surface area (Å²) in [5.41, 5.74) is 1.94. The number of amides is 1. The molecule has 0 saturated carbocycles. The monoisotopic (exact) mass is 343 g/mol.